The summed E-state index contributed by atoms with van der Waals surface area (Å²) in [5.74, 6) is -1.90. The van der Waals surface area contributed by atoms with Gasteiger partial charge in [-0.2, -0.15) is 0 Å². The zero-order valence-electron chi connectivity index (χ0n) is 14.5. The van der Waals surface area contributed by atoms with Crippen LogP contribution >= 0.6 is 11.3 Å². The second kappa shape index (κ2) is 7.39. The van der Waals surface area contributed by atoms with Crippen molar-refractivity contribution in [3.63, 3.8) is 0 Å². The van der Waals surface area contributed by atoms with E-state index in [1.54, 1.807) is 17.5 Å². The highest BCUT2D eigenvalue weighted by molar-refractivity contribution is 7.12. The van der Waals surface area contributed by atoms with Crippen LogP contribution in [0.2, 0.25) is 0 Å². The van der Waals surface area contributed by atoms with E-state index in [4.69, 9.17) is 0 Å². The minimum absolute atomic E-state index is 0.0443. The number of rotatable bonds is 6. The third kappa shape index (κ3) is 3.40. The quantitative estimate of drug-likeness (QED) is 0.790. The van der Waals surface area contributed by atoms with Crippen LogP contribution in [0.15, 0.2) is 53.1 Å². The molecule has 3 rings (SSSR count). The van der Waals surface area contributed by atoms with Crippen molar-refractivity contribution in [2.45, 2.75) is 6.04 Å². The Morgan fingerprint density at radius 1 is 1.27 bits per heavy atom. The smallest absolute Gasteiger partial charge is 0.290 e. The fourth-order valence-electron chi connectivity index (χ4n) is 2.96. The lowest BCUT2D eigenvalue weighted by molar-refractivity contribution is -0.129. The van der Waals surface area contributed by atoms with E-state index in [0.717, 1.165) is 0 Å². The third-order valence-electron chi connectivity index (χ3n) is 4.27. The van der Waals surface area contributed by atoms with Gasteiger partial charge in [-0.3, -0.25) is 9.59 Å². The van der Waals surface area contributed by atoms with E-state index in [1.807, 2.05) is 19.0 Å². The summed E-state index contributed by atoms with van der Waals surface area (Å²) in [5.41, 5.74) is 0.630. The number of carbonyl (C=O) groups is 2. The van der Waals surface area contributed by atoms with Crippen LogP contribution in [0.1, 0.15) is 21.3 Å². The van der Waals surface area contributed by atoms with Gasteiger partial charge in [0.05, 0.1) is 16.5 Å². The molecule has 1 aromatic carbocycles. The van der Waals surface area contributed by atoms with Gasteiger partial charge < -0.3 is 14.9 Å². The van der Waals surface area contributed by atoms with Crippen molar-refractivity contribution in [1.29, 1.82) is 0 Å². The molecule has 5 nitrogen and oxygen atoms in total. The summed E-state index contributed by atoms with van der Waals surface area (Å²) in [6.45, 7) is 0.899. The van der Waals surface area contributed by atoms with Gasteiger partial charge in [-0.1, -0.05) is 18.2 Å². The maximum Gasteiger partial charge on any atom is 0.290 e. The highest BCUT2D eigenvalue weighted by Gasteiger charge is 2.43. The maximum absolute atomic E-state index is 13.3. The van der Waals surface area contributed by atoms with Gasteiger partial charge in [-0.25, -0.2) is 4.39 Å². The number of hydrogen-bond acceptors (Lipinski definition) is 5. The summed E-state index contributed by atoms with van der Waals surface area (Å²) in [7, 11) is 3.75. The molecule has 26 heavy (non-hydrogen) atoms. The molecule has 0 saturated carbocycles. The van der Waals surface area contributed by atoms with Crippen molar-refractivity contribution >= 4 is 23.0 Å². The largest absolute Gasteiger partial charge is 0.503 e. The van der Waals surface area contributed by atoms with Crippen molar-refractivity contribution in [2.75, 3.05) is 27.2 Å². The van der Waals surface area contributed by atoms with Gasteiger partial charge in [-0.05, 0) is 43.2 Å². The van der Waals surface area contributed by atoms with Gasteiger partial charge >= 0.3 is 0 Å². The predicted molar refractivity (Wildman–Crippen MR) is 97.7 cm³/mol. The molecule has 1 unspecified atom stereocenters. The average Bonchev–Trinajstić information content (AvgIpc) is 3.22. The Morgan fingerprint density at radius 3 is 2.54 bits per heavy atom. The lowest BCUT2D eigenvalue weighted by Gasteiger charge is -2.28. The molecule has 1 aliphatic rings. The number of hydrogen-bond donors (Lipinski definition) is 1. The van der Waals surface area contributed by atoms with E-state index in [1.165, 1.54) is 40.5 Å². The summed E-state index contributed by atoms with van der Waals surface area (Å²) in [6, 6.07) is 8.30. The molecule has 0 spiro atoms. The van der Waals surface area contributed by atoms with Crippen LogP contribution in [-0.4, -0.2) is 53.8 Å². The number of amides is 1. The molecule has 0 fully saturated rings. The van der Waals surface area contributed by atoms with E-state index in [9.17, 15) is 19.1 Å². The van der Waals surface area contributed by atoms with Crippen molar-refractivity contribution in [1.82, 2.24) is 9.80 Å². The summed E-state index contributed by atoms with van der Waals surface area (Å²) in [4.78, 5) is 29.4. The molecule has 136 valence electrons. The SMILES string of the molecule is CN(C)CCN1C(=O)C(O)=C(C(=O)c2cccs2)C1c1ccc(F)cc1. The Morgan fingerprint density at radius 2 is 1.96 bits per heavy atom. The topological polar surface area (TPSA) is 60.9 Å². The number of carbonyl (C=O) groups excluding carboxylic acids is 2. The molecule has 1 atom stereocenters. The zero-order valence-corrected chi connectivity index (χ0v) is 15.3. The van der Waals surface area contributed by atoms with E-state index in [2.05, 4.69) is 0 Å². The number of nitrogens with zero attached hydrogens (tertiary/aromatic N) is 2. The first-order chi connectivity index (χ1) is 12.4. The van der Waals surface area contributed by atoms with Crippen LogP contribution < -0.4 is 0 Å². The molecule has 1 aliphatic heterocycles. The summed E-state index contributed by atoms with van der Waals surface area (Å²) >= 11 is 1.25. The molecule has 2 aromatic rings. The van der Waals surface area contributed by atoms with Crippen molar-refractivity contribution in [2.24, 2.45) is 0 Å². The molecule has 0 saturated heterocycles. The van der Waals surface area contributed by atoms with Crippen LogP contribution in [0.25, 0.3) is 0 Å². The molecular formula is C19H19FN2O3S. The van der Waals surface area contributed by atoms with Crippen LogP contribution in [0.3, 0.4) is 0 Å². The molecule has 7 heteroatoms. The Bertz CT molecular complexity index is 844. The molecule has 0 aliphatic carbocycles. The van der Waals surface area contributed by atoms with E-state index < -0.39 is 23.5 Å². The van der Waals surface area contributed by atoms with Gasteiger partial charge in [0.15, 0.2) is 5.76 Å². The first kappa shape index (κ1) is 18.3. The van der Waals surface area contributed by atoms with Gasteiger partial charge in [0, 0.05) is 13.1 Å². The van der Waals surface area contributed by atoms with Gasteiger partial charge in [0.25, 0.3) is 5.91 Å². The van der Waals surface area contributed by atoms with Crippen LogP contribution in [-0.2, 0) is 4.79 Å². The summed E-state index contributed by atoms with van der Waals surface area (Å²) in [6.07, 6.45) is 0. The van der Waals surface area contributed by atoms with E-state index in [-0.39, 0.29) is 11.4 Å². The average molecular weight is 374 g/mol. The molecule has 1 N–H and O–H groups in total. The molecule has 0 bridgehead atoms. The Labute approximate surface area is 155 Å². The van der Waals surface area contributed by atoms with Crippen molar-refractivity contribution in [3.8, 4) is 0 Å². The lowest BCUT2D eigenvalue weighted by Crippen LogP contribution is -2.36. The monoisotopic (exact) mass is 374 g/mol. The normalized spacial score (nSPS) is 17.5. The highest BCUT2D eigenvalue weighted by Crippen LogP contribution is 2.39. The first-order valence-corrected chi connectivity index (χ1v) is 9.00. The van der Waals surface area contributed by atoms with E-state index in [0.29, 0.717) is 23.5 Å². The first-order valence-electron chi connectivity index (χ1n) is 8.12. The number of ketones is 1. The number of likely N-dealkylation sites (N-methyl/N-ethyl adjacent to an activating group) is 1. The molecule has 1 amide bonds. The van der Waals surface area contributed by atoms with Gasteiger partial charge in [0.1, 0.15) is 5.82 Å². The molecule has 1 aromatic heterocycles. The Kier molecular flexibility index (Phi) is 5.20. The molecular weight excluding hydrogens is 355 g/mol. The fraction of sp³-hybridized carbons (Fsp3) is 0.263. The number of aliphatic hydroxyl groups excluding tert-OH is 1. The highest BCUT2D eigenvalue weighted by atomic mass is 32.1. The van der Waals surface area contributed by atoms with Crippen LogP contribution in [0.4, 0.5) is 4.39 Å². The van der Waals surface area contributed by atoms with Crippen LogP contribution in [0, 0.1) is 5.82 Å². The zero-order chi connectivity index (χ0) is 18.8. The third-order valence-corrected chi connectivity index (χ3v) is 5.14. The van der Waals surface area contributed by atoms with E-state index >= 15 is 0 Å². The number of Topliss-reactive ketones (excluding diaryl/α,β-unsaturated/α-hetero) is 1. The predicted octanol–water partition coefficient (Wildman–Crippen LogP) is 3.03. The molecule has 2 heterocycles. The number of halogens is 1. The molecule has 0 radical (unpaired) electrons. The standard InChI is InChI=1S/C19H19FN2O3S/c1-21(2)9-10-22-16(12-5-7-13(20)8-6-12)15(18(24)19(22)25)17(23)14-4-3-11-26-14/h3-8,11,16,24H,9-10H2,1-2H3. The number of aliphatic hydroxyl groups is 1. The van der Waals surface area contributed by atoms with Crippen molar-refractivity contribution < 1.29 is 19.1 Å². The second-order valence-corrected chi connectivity index (χ2v) is 7.27. The van der Waals surface area contributed by atoms with Gasteiger partial charge in [0.2, 0.25) is 5.78 Å². The Hall–Kier alpha value is -2.51. The maximum atomic E-state index is 13.3. The Balaban J connectivity index is 2.05. The number of thiophene rings is 1. The second-order valence-electron chi connectivity index (χ2n) is 6.32. The minimum atomic E-state index is -0.738. The minimum Gasteiger partial charge on any atom is -0.503 e. The van der Waals surface area contributed by atoms with Gasteiger partial charge in [-0.15, -0.1) is 11.3 Å². The summed E-state index contributed by atoms with van der Waals surface area (Å²) < 4.78 is 13.3. The summed E-state index contributed by atoms with van der Waals surface area (Å²) in [5, 5.41) is 12.2. The van der Waals surface area contributed by atoms with Crippen molar-refractivity contribution in [3.05, 3.63) is 69.4 Å². The lowest BCUT2D eigenvalue weighted by atomic mass is 9.95. The fourth-order valence-corrected chi connectivity index (χ4v) is 3.63. The number of benzene rings is 1. The van der Waals surface area contributed by atoms with Crippen LogP contribution in [0.5, 0.6) is 0 Å².